The molecule has 0 unspecified atom stereocenters. The molecule has 0 radical (unpaired) electrons. The molecule has 5 nitrogen and oxygen atoms in total. The fourth-order valence-electron chi connectivity index (χ4n) is 7.21. The number of hydrogen-bond acceptors (Lipinski definition) is 5. The average molecular weight is 362 g/mol. The van der Waals surface area contributed by atoms with Gasteiger partial charge in [0.2, 0.25) is 0 Å². The molecule has 0 spiro atoms. The van der Waals surface area contributed by atoms with Gasteiger partial charge in [-0.25, -0.2) is 0 Å². The molecule has 0 aliphatic heterocycles. The van der Waals surface area contributed by atoms with E-state index >= 15 is 0 Å². The van der Waals surface area contributed by atoms with Gasteiger partial charge in [-0.1, -0.05) is 13.8 Å². The van der Waals surface area contributed by atoms with E-state index < -0.39 is 29.5 Å². The lowest BCUT2D eigenvalue weighted by molar-refractivity contribution is -0.166. The summed E-state index contributed by atoms with van der Waals surface area (Å²) in [6.45, 7) is 3.56. The minimum absolute atomic E-state index is 0.111. The third-order valence-corrected chi connectivity index (χ3v) is 8.73. The van der Waals surface area contributed by atoms with Crippen LogP contribution in [0.2, 0.25) is 0 Å². The molecule has 0 heterocycles. The Bertz CT molecular complexity index is 684. The van der Waals surface area contributed by atoms with Crippen molar-refractivity contribution in [2.24, 2.45) is 28.6 Å². The van der Waals surface area contributed by atoms with Crippen LogP contribution in [0.5, 0.6) is 0 Å². The molecule has 3 N–H and O–H groups in total. The Morgan fingerprint density at radius 2 is 1.88 bits per heavy atom. The van der Waals surface area contributed by atoms with Gasteiger partial charge in [-0.15, -0.1) is 0 Å². The van der Waals surface area contributed by atoms with Crippen molar-refractivity contribution in [3.8, 4) is 0 Å². The lowest BCUT2D eigenvalue weighted by atomic mass is 9.45. The Balaban J connectivity index is 1.72. The summed E-state index contributed by atoms with van der Waals surface area (Å²) in [5.41, 5.74) is -1.27. The van der Waals surface area contributed by atoms with Crippen molar-refractivity contribution in [1.82, 2.24) is 0 Å². The first-order valence-corrected chi connectivity index (χ1v) is 9.97. The molecule has 0 amide bonds. The summed E-state index contributed by atoms with van der Waals surface area (Å²) in [6, 6.07) is 0. The molecule has 4 aliphatic carbocycles. The first kappa shape index (κ1) is 18.3. The van der Waals surface area contributed by atoms with Crippen molar-refractivity contribution in [2.75, 3.05) is 6.61 Å². The summed E-state index contributed by atoms with van der Waals surface area (Å²) >= 11 is 0. The maximum atomic E-state index is 12.4. The molecule has 26 heavy (non-hydrogen) atoms. The minimum atomic E-state index is -1.46. The van der Waals surface area contributed by atoms with Crippen molar-refractivity contribution < 1.29 is 24.9 Å². The van der Waals surface area contributed by atoms with E-state index in [4.69, 9.17) is 0 Å². The van der Waals surface area contributed by atoms with Crippen molar-refractivity contribution >= 4 is 11.6 Å². The summed E-state index contributed by atoms with van der Waals surface area (Å²) in [6.07, 6.45) is 5.74. The van der Waals surface area contributed by atoms with Crippen LogP contribution >= 0.6 is 0 Å². The van der Waals surface area contributed by atoms with Crippen LogP contribution in [0, 0.1) is 28.6 Å². The van der Waals surface area contributed by atoms with Crippen LogP contribution in [-0.2, 0) is 9.59 Å². The van der Waals surface area contributed by atoms with E-state index in [0.29, 0.717) is 25.2 Å². The van der Waals surface area contributed by atoms with Gasteiger partial charge in [0.15, 0.2) is 11.6 Å². The number of carbonyl (C=O) groups excluding carboxylic acids is 2. The summed E-state index contributed by atoms with van der Waals surface area (Å²) in [7, 11) is 0. The Labute approximate surface area is 154 Å². The second kappa shape index (κ2) is 5.73. The number of ketones is 2. The summed E-state index contributed by atoms with van der Waals surface area (Å²) in [4.78, 5) is 24.3. The number of rotatable bonds is 2. The number of fused-ring (bicyclic) bond motifs is 5. The fourth-order valence-corrected chi connectivity index (χ4v) is 7.21. The highest BCUT2D eigenvalue weighted by Crippen LogP contribution is 2.67. The second-order valence-electron chi connectivity index (χ2n) is 9.55. The van der Waals surface area contributed by atoms with Crippen LogP contribution in [0.15, 0.2) is 11.6 Å². The molecule has 3 saturated carbocycles. The van der Waals surface area contributed by atoms with Crippen LogP contribution in [0.3, 0.4) is 0 Å². The third kappa shape index (κ3) is 2.14. The van der Waals surface area contributed by atoms with Crippen molar-refractivity contribution in [1.29, 1.82) is 0 Å². The van der Waals surface area contributed by atoms with Crippen molar-refractivity contribution in [2.45, 2.75) is 70.5 Å². The topological polar surface area (TPSA) is 94.8 Å². The molecule has 4 aliphatic rings. The SMILES string of the molecule is C[C@]12CCC(=O)C=C1[C@@H](O)C[C@@H]1[C@@H]2CC[C@@]2(C)[C@H]1CC[C@]2(O)C(=O)CO. The molecule has 144 valence electrons. The number of aliphatic hydroxyl groups excluding tert-OH is 2. The average Bonchev–Trinajstić information content (AvgIpc) is 2.88. The standard InChI is InChI=1S/C21H30O5/c1-19-6-3-12(23)9-16(19)17(24)10-13-14(19)4-7-20(2)15(13)5-8-21(20,26)18(25)11-22/h9,13-15,17,22,24,26H,3-8,10-11H2,1-2H3/t13-,14+,15+,17+,19-,20+,21+/m1/s1. The van der Waals surface area contributed by atoms with Crippen LogP contribution in [0.25, 0.3) is 0 Å². The lowest BCUT2D eigenvalue weighted by Crippen LogP contribution is -2.59. The van der Waals surface area contributed by atoms with Gasteiger partial charge in [0, 0.05) is 11.8 Å². The Kier molecular flexibility index (Phi) is 4.04. The molecule has 0 aromatic carbocycles. The van der Waals surface area contributed by atoms with Gasteiger partial charge in [-0.3, -0.25) is 9.59 Å². The Hall–Kier alpha value is -1.04. The predicted octanol–water partition coefficient (Wildman–Crippen LogP) is 1.78. The molecule has 0 bridgehead atoms. The van der Waals surface area contributed by atoms with Gasteiger partial charge in [-0.05, 0) is 73.3 Å². The molecule has 4 rings (SSSR count). The highest BCUT2D eigenvalue weighted by Gasteiger charge is 2.66. The van der Waals surface area contributed by atoms with Gasteiger partial charge in [-0.2, -0.15) is 0 Å². The molecule has 0 aromatic rings. The molecular weight excluding hydrogens is 332 g/mol. The van der Waals surface area contributed by atoms with Crippen LogP contribution in [0.1, 0.15) is 58.8 Å². The quantitative estimate of drug-likeness (QED) is 0.696. The molecule has 3 fully saturated rings. The zero-order valence-electron chi connectivity index (χ0n) is 15.7. The zero-order chi connectivity index (χ0) is 18.9. The summed E-state index contributed by atoms with van der Waals surface area (Å²) in [5, 5.41) is 31.4. The predicted molar refractivity (Wildman–Crippen MR) is 95.1 cm³/mol. The van der Waals surface area contributed by atoms with Crippen molar-refractivity contribution in [3.63, 3.8) is 0 Å². The van der Waals surface area contributed by atoms with E-state index in [1.54, 1.807) is 6.08 Å². The third-order valence-electron chi connectivity index (χ3n) is 8.73. The van der Waals surface area contributed by atoms with E-state index in [2.05, 4.69) is 6.92 Å². The maximum absolute atomic E-state index is 12.4. The number of Topliss-reactive ketones (excluding diaryl/α,β-unsaturated/α-hetero) is 1. The van der Waals surface area contributed by atoms with Gasteiger partial charge in [0.25, 0.3) is 0 Å². The molecule has 5 heteroatoms. The smallest absolute Gasteiger partial charge is 0.190 e. The highest BCUT2D eigenvalue weighted by molar-refractivity contribution is 5.92. The van der Waals surface area contributed by atoms with E-state index in [1.165, 1.54) is 0 Å². The number of carbonyl (C=O) groups is 2. The van der Waals surface area contributed by atoms with E-state index in [-0.39, 0.29) is 23.0 Å². The van der Waals surface area contributed by atoms with Crippen LogP contribution in [-0.4, -0.2) is 45.2 Å². The molecule has 0 aromatic heterocycles. The normalized spacial score (nSPS) is 50.5. The zero-order valence-corrected chi connectivity index (χ0v) is 15.7. The highest BCUT2D eigenvalue weighted by atomic mass is 16.3. The van der Waals surface area contributed by atoms with E-state index in [1.807, 2.05) is 6.92 Å². The number of aliphatic hydroxyl groups is 3. The first-order chi connectivity index (χ1) is 12.2. The molecular formula is C21H30O5. The van der Waals surface area contributed by atoms with Gasteiger partial charge >= 0.3 is 0 Å². The van der Waals surface area contributed by atoms with Gasteiger partial charge < -0.3 is 15.3 Å². The molecule has 0 saturated heterocycles. The Morgan fingerprint density at radius 1 is 1.19 bits per heavy atom. The first-order valence-electron chi connectivity index (χ1n) is 9.97. The summed E-state index contributed by atoms with van der Waals surface area (Å²) in [5.74, 6) is 0.411. The van der Waals surface area contributed by atoms with Crippen LogP contribution in [0.4, 0.5) is 0 Å². The monoisotopic (exact) mass is 362 g/mol. The minimum Gasteiger partial charge on any atom is -0.389 e. The Morgan fingerprint density at radius 3 is 2.58 bits per heavy atom. The fraction of sp³-hybridized carbons (Fsp3) is 0.810. The van der Waals surface area contributed by atoms with Gasteiger partial charge in [0.1, 0.15) is 12.2 Å². The van der Waals surface area contributed by atoms with Crippen LogP contribution < -0.4 is 0 Å². The number of hydrogen-bond donors (Lipinski definition) is 3. The van der Waals surface area contributed by atoms with E-state index in [0.717, 1.165) is 31.3 Å². The second-order valence-corrected chi connectivity index (χ2v) is 9.55. The maximum Gasteiger partial charge on any atom is 0.190 e. The van der Waals surface area contributed by atoms with E-state index in [9.17, 15) is 24.9 Å². The largest absolute Gasteiger partial charge is 0.389 e. The molecule has 7 atom stereocenters. The van der Waals surface area contributed by atoms with Crippen molar-refractivity contribution in [3.05, 3.63) is 11.6 Å². The lowest BCUT2D eigenvalue weighted by Gasteiger charge is -2.59. The van der Waals surface area contributed by atoms with Gasteiger partial charge in [0.05, 0.1) is 6.10 Å². The summed E-state index contributed by atoms with van der Waals surface area (Å²) < 4.78 is 0.